The predicted octanol–water partition coefficient (Wildman–Crippen LogP) is 4.82. The van der Waals surface area contributed by atoms with Gasteiger partial charge in [-0.15, -0.1) is 4.83 Å². The average molecular weight is 619 g/mol. The normalized spacial score (nSPS) is 12.5. The minimum Gasteiger partial charge on any atom is -0.458 e. The first-order valence-corrected chi connectivity index (χ1v) is 15.6. The summed E-state index contributed by atoms with van der Waals surface area (Å²) in [6.45, 7) is 12.1. The van der Waals surface area contributed by atoms with Crippen molar-refractivity contribution in [2.75, 3.05) is 11.1 Å². The summed E-state index contributed by atoms with van der Waals surface area (Å²) in [7, 11) is -4.27. The van der Waals surface area contributed by atoms with Crippen molar-refractivity contribution in [3.8, 4) is 0 Å². The molecule has 0 aliphatic heterocycles. The Hall–Kier alpha value is -4.55. The van der Waals surface area contributed by atoms with Crippen LogP contribution in [-0.2, 0) is 26.1 Å². The van der Waals surface area contributed by atoms with Crippen LogP contribution in [0.25, 0.3) is 10.9 Å². The molecule has 44 heavy (non-hydrogen) atoms. The molecule has 12 heteroatoms. The molecule has 4 aromatic rings. The number of nitrogens with two attached hydrogens (primary N) is 1. The molecule has 0 saturated heterocycles. The maximum atomic E-state index is 13.8. The van der Waals surface area contributed by atoms with E-state index in [-0.39, 0.29) is 10.5 Å². The smallest absolute Gasteiger partial charge is 0.330 e. The number of hydrogen-bond acceptors (Lipinski definition) is 9. The summed E-state index contributed by atoms with van der Waals surface area (Å²) < 4.78 is 32.8. The van der Waals surface area contributed by atoms with Gasteiger partial charge < -0.3 is 15.8 Å². The summed E-state index contributed by atoms with van der Waals surface area (Å²) in [6, 6.07) is 16.2. The van der Waals surface area contributed by atoms with Gasteiger partial charge in [-0.3, -0.25) is 4.79 Å². The van der Waals surface area contributed by atoms with Crippen molar-refractivity contribution >= 4 is 44.6 Å². The summed E-state index contributed by atoms with van der Waals surface area (Å²) in [5.74, 6) is -0.771. The topological polar surface area (TPSA) is 157 Å². The fourth-order valence-corrected chi connectivity index (χ4v) is 6.38. The molecule has 1 heterocycles. The van der Waals surface area contributed by atoms with Crippen LogP contribution < -0.4 is 15.9 Å². The molecule has 3 aromatic carbocycles. The number of para-hydroxylation sites is 1. The Bertz CT molecular complexity index is 1790. The van der Waals surface area contributed by atoms with Crippen molar-refractivity contribution in [3.05, 3.63) is 88.5 Å². The van der Waals surface area contributed by atoms with Crippen molar-refractivity contribution in [1.82, 2.24) is 19.8 Å². The Kier molecular flexibility index (Phi) is 9.26. The number of hydrazine groups is 1. The number of aryl methyl sites for hydroxylation is 3. The molecule has 1 atom stereocenters. The van der Waals surface area contributed by atoms with E-state index in [1.54, 1.807) is 71.0 Å². The van der Waals surface area contributed by atoms with E-state index >= 15 is 0 Å². The zero-order chi connectivity index (χ0) is 32.4. The molecular formula is C32H38N6O5S. The van der Waals surface area contributed by atoms with Gasteiger partial charge in [-0.05, 0) is 89.4 Å². The molecule has 1 amide bonds. The van der Waals surface area contributed by atoms with Crippen molar-refractivity contribution in [3.63, 3.8) is 0 Å². The maximum Gasteiger partial charge on any atom is 0.330 e. The SMILES string of the molecule is Cc1cc(C)c(S(=O)(=O)NN(C(=O)c2ccc(CNc3nc(N)c4ccccc4n3)cc2)[C@@H](C)C(=O)OC(C)(C)C)c(C)c1. The second-order valence-corrected chi connectivity index (χ2v) is 13.3. The summed E-state index contributed by atoms with van der Waals surface area (Å²) >= 11 is 0. The zero-order valence-electron chi connectivity index (χ0n) is 25.9. The number of hydrogen-bond donors (Lipinski definition) is 3. The van der Waals surface area contributed by atoms with Gasteiger partial charge in [-0.25, -0.2) is 23.2 Å². The molecule has 0 aliphatic carbocycles. The lowest BCUT2D eigenvalue weighted by Gasteiger charge is -2.31. The quantitative estimate of drug-likeness (QED) is 0.177. The molecule has 232 valence electrons. The number of ether oxygens (including phenoxy) is 1. The molecule has 4 N–H and O–H groups in total. The minimum absolute atomic E-state index is 0.0373. The van der Waals surface area contributed by atoms with E-state index < -0.39 is 33.5 Å². The highest BCUT2D eigenvalue weighted by Crippen LogP contribution is 2.24. The van der Waals surface area contributed by atoms with Crippen molar-refractivity contribution in [2.24, 2.45) is 0 Å². The number of sulfonamides is 1. The van der Waals surface area contributed by atoms with Crippen LogP contribution in [0.5, 0.6) is 0 Å². The van der Waals surface area contributed by atoms with Gasteiger partial charge in [0.05, 0.1) is 10.4 Å². The second-order valence-electron chi connectivity index (χ2n) is 11.7. The second kappa shape index (κ2) is 12.6. The van der Waals surface area contributed by atoms with Crippen molar-refractivity contribution in [2.45, 2.75) is 71.5 Å². The lowest BCUT2D eigenvalue weighted by Crippen LogP contribution is -2.54. The highest BCUT2D eigenvalue weighted by Gasteiger charge is 2.35. The molecule has 11 nitrogen and oxygen atoms in total. The van der Waals surface area contributed by atoms with Crippen molar-refractivity contribution in [1.29, 1.82) is 0 Å². The lowest BCUT2D eigenvalue weighted by molar-refractivity contribution is -0.160. The first-order chi connectivity index (χ1) is 20.6. The zero-order valence-corrected chi connectivity index (χ0v) is 26.7. The number of carbonyl (C=O) groups excluding carboxylic acids is 2. The molecule has 0 radical (unpaired) electrons. The predicted molar refractivity (Wildman–Crippen MR) is 170 cm³/mol. The van der Waals surface area contributed by atoms with Gasteiger partial charge in [-0.1, -0.05) is 42.0 Å². The molecule has 0 saturated carbocycles. The van der Waals surface area contributed by atoms with Gasteiger partial charge in [0.15, 0.2) is 0 Å². The van der Waals surface area contributed by atoms with Crippen molar-refractivity contribution < 1.29 is 22.7 Å². The first-order valence-electron chi connectivity index (χ1n) is 14.1. The van der Waals surface area contributed by atoms with Crippen LogP contribution in [0, 0.1) is 20.8 Å². The van der Waals surface area contributed by atoms with Gasteiger partial charge in [0.2, 0.25) is 5.95 Å². The Labute approximate surface area is 257 Å². The number of esters is 1. The van der Waals surface area contributed by atoms with E-state index in [4.69, 9.17) is 10.5 Å². The van der Waals surface area contributed by atoms with Crippen LogP contribution in [0.2, 0.25) is 0 Å². The highest BCUT2D eigenvalue weighted by molar-refractivity contribution is 7.89. The largest absolute Gasteiger partial charge is 0.458 e. The Morgan fingerprint density at radius 2 is 1.59 bits per heavy atom. The standard InChI is InChI=1S/C32H38N6O5S/c1-19-16-20(2)27(21(3)17-19)44(41,42)37-38(22(4)30(40)43-32(5,6)7)29(39)24-14-12-23(13-15-24)18-34-31-35-26-11-9-8-10-25(26)28(33)36-31/h8-17,22,37H,18H2,1-7H3,(H3,33,34,35,36)/t22-/m0/s1. The van der Waals surface area contributed by atoms with Crippen LogP contribution in [0.1, 0.15) is 60.3 Å². The van der Waals surface area contributed by atoms with Gasteiger partial charge in [0, 0.05) is 17.5 Å². The molecule has 0 spiro atoms. The first kappa shape index (κ1) is 32.4. The Morgan fingerprint density at radius 3 is 2.20 bits per heavy atom. The Balaban J connectivity index is 1.59. The molecular weight excluding hydrogens is 580 g/mol. The van der Waals surface area contributed by atoms with Crippen LogP contribution >= 0.6 is 0 Å². The Morgan fingerprint density at radius 1 is 0.977 bits per heavy atom. The molecule has 1 aromatic heterocycles. The fraction of sp³-hybridized carbons (Fsp3) is 0.312. The highest BCUT2D eigenvalue weighted by atomic mass is 32.2. The number of anilines is 2. The van der Waals surface area contributed by atoms with E-state index in [9.17, 15) is 18.0 Å². The third-order valence-corrected chi connectivity index (χ3v) is 8.35. The van der Waals surface area contributed by atoms with Crippen LogP contribution in [-0.4, -0.2) is 46.9 Å². The lowest BCUT2D eigenvalue weighted by atomic mass is 10.1. The van der Waals surface area contributed by atoms with E-state index in [0.29, 0.717) is 35.0 Å². The van der Waals surface area contributed by atoms with E-state index in [1.807, 2.05) is 31.2 Å². The number of carbonyl (C=O) groups is 2. The minimum atomic E-state index is -4.27. The van der Waals surface area contributed by atoms with E-state index in [0.717, 1.165) is 21.5 Å². The van der Waals surface area contributed by atoms with Gasteiger partial charge in [0.25, 0.3) is 15.9 Å². The van der Waals surface area contributed by atoms with E-state index in [2.05, 4.69) is 20.1 Å². The molecule has 0 fully saturated rings. The average Bonchev–Trinajstić information content (AvgIpc) is 2.93. The third kappa shape index (κ3) is 7.50. The van der Waals surface area contributed by atoms with Crippen LogP contribution in [0.3, 0.4) is 0 Å². The maximum absolute atomic E-state index is 13.8. The molecule has 4 rings (SSSR count). The number of rotatable bonds is 9. The summed E-state index contributed by atoms with van der Waals surface area (Å²) in [4.78, 5) is 38.0. The number of nitrogen functional groups attached to an aromatic ring is 1. The fourth-order valence-electron chi connectivity index (χ4n) is 4.82. The monoisotopic (exact) mass is 618 g/mol. The van der Waals surface area contributed by atoms with Gasteiger partial charge >= 0.3 is 5.97 Å². The number of nitrogens with zero attached hydrogens (tertiary/aromatic N) is 3. The molecule has 0 unspecified atom stereocenters. The number of aromatic nitrogens is 2. The number of amides is 1. The number of fused-ring (bicyclic) bond motifs is 1. The number of benzene rings is 3. The van der Waals surface area contributed by atoms with E-state index in [1.165, 1.54) is 6.92 Å². The molecule has 0 bridgehead atoms. The third-order valence-electron chi connectivity index (χ3n) is 6.73. The van der Waals surface area contributed by atoms with Crippen LogP contribution in [0.15, 0.2) is 65.6 Å². The van der Waals surface area contributed by atoms with Crippen LogP contribution in [0.4, 0.5) is 11.8 Å². The summed E-state index contributed by atoms with van der Waals surface area (Å²) in [5, 5.41) is 4.70. The van der Waals surface area contributed by atoms with Gasteiger partial charge in [0.1, 0.15) is 17.5 Å². The molecule has 0 aliphatic rings. The summed E-state index contributed by atoms with van der Waals surface area (Å²) in [5.41, 5.74) is 8.83. The number of nitrogens with one attached hydrogen (secondary N) is 2. The summed E-state index contributed by atoms with van der Waals surface area (Å²) in [6.07, 6.45) is 0. The van der Waals surface area contributed by atoms with Gasteiger partial charge in [-0.2, -0.15) is 4.98 Å².